The standard InChI is InChI=1S/C11H15N3O2S/c1-8-9(2)12-6-14(11(8)16)5-10(15)13-3-4-17-7-13/h6H,3-5,7H2,1-2H3. The zero-order valence-corrected chi connectivity index (χ0v) is 10.8. The molecule has 0 aromatic carbocycles. The number of aromatic nitrogens is 2. The fourth-order valence-electron chi connectivity index (χ4n) is 1.64. The zero-order chi connectivity index (χ0) is 12.4. The van der Waals surface area contributed by atoms with Crippen LogP contribution in [0.15, 0.2) is 11.1 Å². The molecule has 2 rings (SSSR count). The number of thioether (sulfide) groups is 1. The Kier molecular flexibility index (Phi) is 3.51. The van der Waals surface area contributed by atoms with Crippen LogP contribution in [0.1, 0.15) is 11.3 Å². The second-order valence-electron chi connectivity index (χ2n) is 4.08. The number of nitrogens with zero attached hydrogens (tertiary/aromatic N) is 3. The van der Waals surface area contributed by atoms with Crippen molar-refractivity contribution in [3.8, 4) is 0 Å². The van der Waals surface area contributed by atoms with E-state index >= 15 is 0 Å². The van der Waals surface area contributed by atoms with Crippen molar-refractivity contribution >= 4 is 17.7 Å². The molecule has 0 atom stereocenters. The van der Waals surface area contributed by atoms with Gasteiger partial charge in [-0.1, -0.05) is 0 Å². The van der Waals surface area contributed by atoms with Crippen molar-refractivity contribution in [1.29, 1.82) is 0 Å². The zero-order valence-electron chi connectivity index (χ0n) is 9.97. The van der Waals surface area contributed by atoms with Crippen LogP contribution >= 0.6 is 11.8 Å². The van der Waals surface area contributed by atoms with Crippen molar-refractivity contribution in [1.82, 2.24) is 14.5 Å². The molecule has 1 amide bonds. The van der Waals surface area contributed by atoms with Gasteiger partial charge in [-0.05, 0) is 13.8 Å². The number of rotatable bonds is 2. The van der Waals surface area contributed by atoms with Crippen LogP contribution in [0.3, 0.4) is 0 Å². The van der Waals surface area contributed by atoms with Gasteiger partial charge in [-0.3, -0.25) is 14.2 Å². The quantitative estimate of drug-likeness (QED) is 0.765. The normalized spacial score (nSPS) is 15.3. The topological polar surface area (TPSA) is 55.2 Å². The molecule has 0 aliphatic carbocycles. The van der Waals surface area contributed by atoms with E-state index in [-0.39, 0.29) is 18.0 Å². The van der Waals surface area contributed by atoms with Gasteiger partial charge >= 0.3 is 0 Å². The van der Waals surface area contributed by atoms with E-state index in [4.69, 9.17) is 0 Å². The van der Waals surface area contributed by atoms with Gasteiger partial charge in [0.1, 0.15) is 6.54 Å². The van der Waals surface area contributed by atoms with Gasteiger partial charge in [0.25, 0.3) is 5.56 Å². The fourth-order valence-corrected chi connectivity index (χ4v) is 2.62. The molecule has 2 heterocycles. The minimum absolute atomic E-state index is 0.0119. The molecule has 1 fully saturated rings. The van der Waals surface area contributed by atoms with Gasteiger partial charge in [-0.2, -0.15) is 0 Å². The van der Waals surface area contributed by atoms with Gasteiger partial charge in [0.2, 0.25) is 5.91 Å². The third kappa shape index (κ3) is 2.52. The highest BCUT2D eigenvalue weighted by Gasteiger charge is 2.19. The summed E-state index contributed by atoms with van der Waals surface area (Å²) in [5, 5.41) is 0. The monoisotopic (exact) mass is 253 g/mol. The summed E-state index contributed by atoms with van der Waals surface area (Å²) in [5.41, 5.74) is 1.20. The Labute approximate surface area is 104 Å². The van der Waals surface area contributed by atoms with Gasteiger partial charge in [-0.15, -0.1) is 11.8 Å². The summed E-state index contributed by atoms with van der Waals surface area (Å²) in [5.74, 6) is 1.69. The lowest BCUT2D eigenvalue weighted by molar-refractivity contribution is -0.130. The van der Waals surface area contributed by atoms with E-state index < -0.39 is 0 Å². The summed E-state index contributed by atoms with van der Waals surface area (Å²) >= 11 is 1.73. The molecule has 0 spiro atoms. The predicted octanol–water partition coefficient (Wildman–Crippen LogP) is 0.393. The lowest BCUT2D eigenvalue weighted by atomic mass is 10.3. The number of hydrogen-bond acceptors (Lipinski definition) is 4. The predicted molar refractivity (Wildman–Crippen MR) is 67.0 cm³/mol. The maximum atomic E-state index is 11.9. The molecule has 17 heavy (non-hydrogen) atoms. The number of aryl methyl sites for hydroxylation is 1. The molecule has 5 nitrogen and oxygen atoms in total. The Bertz CT molecular complexity index is 492. The number of carbonyl (C=O) groups is 1. The van der Waals surface area contributed by atoms with E-state index in [1.54, 1.807) is 30.5 Å². The van der Waals surface area contributed by atoms with Gasteiger partial charge in [0.15, 0.2) is 0 Å². The Morgan fingerprint density at radius 3 is 2.94 bits per heavy atom. The van der Waals surface area contributed by atoms with E-state index in [2.05, 4.69) is 4.98 Å². The first-order chi connectivity index (χ1) is 8.09. The number of hydrogen-bond donors (Lipinski definition) is 0. The summed E-state index contributed by atoms with van der Waals surface area (Å²) in [7, 11) is 0. The first-order valence-corrected chi connectivity index (χ1v) is 6.63. The molecule has 0 N–H and O–H groups in total. The minimum atomic E-state index is -0.127. The average Bonchev–Trinajstić information content (AvgIpc) is 2.83. The third-order valence-electron chi connectivity index (χ3n) is 2.93. The molecule has 1 aromatic rings. The van der Waals surface area contributed by atoms with E-state index in [9.17, 15) is 9.59 Å². The Morgan fingerprint density at radius 1 is 1.53 bits per heavy atom. The van der Waals surface area contributed by atoms with Gasteiger partial charge in [-0.25, -0.2) is 4.98 Å². The van der Waals surface area contributed by atoms with Crippen LogP contribution in [0.5, 0.6) is 0 Å². The second-order valence-corrected chi connectivity index (χ2v) is 5.16. The van der Waals surface area contributed by atoms with E-state index in [0.717, 1.165) is 23.9 Å². The summed E-state index contributed by atoms with van der Waals surface area (Å²) < 4.78 is 1.38. The summed E-state index contributed by atoms with van der Waals surface area (Å²) in [6.07, 6.45) is 1.45. The number of amides is 1. The highest BCUT2D eigenvalue weighted by atomic mass is 32.2. The summed E-state index contributed by atoms with van der Waals surface area (Å²) in [6, 6.07) is 0. The lowest BCUT2D eigenvalue weighted by Crippen LogP contribution is -2.35. The van der Waals surface area contributed by atoms with Crippen molar-refractivity contribution in [3.05, 3.63) is 27.9 Å². The smallest absolute Gasteiger partial charge is 0.256 e. The Balaban J connectivity index is 2.16. The molecule has 92 valence electrons. The van der Waals surface area contributed by atoms with Crippen molar-refractivity contribution in [3.63, 3.8) is 0 Å². The molecular weight excluding hydrogens is 238 g/mol. The summed E-state index contributed by atoms with van der Waals surface area (Å²) in [6.45, 7) is 4.39. The molecule has 1 aliphatic rings. The molecular formula is C11H15N3O2S. The molecule has 0 radical (unpaired) electrons. The molecule has 0 unspecified atom stereocenters. The van der Waals surface area contributed by atoms with Crippen LogP contribution in [0.25, 0.3) is 0 Å². The maximum Gasteiger partial charge on any atom is 0.256 e. The van der Waals surface area contributed by atoms with Crippen molar-refractivity contribution in [2.24, 2.45) is 0 Å². The molecule has 6 heteroatoms. The fraction of sp³-hybridized carbons (Fsp3) is 0.545. The number of carbonyl (C=O) groups excluding carboxylic acids is 1. The van der Waals surface area contributed by atoms with Gasteiger partial charge < -0.3 is 4.90 Å². The molecule has 1 aliphatic heterocycles. The van der Waals surface area contributed by atoms with Crippen LogP contribution in [-0.2, 0) is 11.3 Å². The molecule has 1 saturated heterocycles. The van der Waals surface area contributed by atoms with Crippen LogP contribution in [-0.4, -0.2) is 38.5 Å². The van der Waals surface area contributed by atoms with Crippen LogP contribution in [0, 0.1) is 13.8 Å². The van der Waals surface area contributed by atoms with E-state index in [1.165, 1.54) is 10.9 Å². The SMILES string of the molecule is Cc1ncn(CC(=O)N2CCSC2)c(=O)c1C. The lowest BCUT2D eigenvalue weighted by Gasteiger charge is -2.15. The van der Waals surface area contributed by atoms with E-state index in [0.29, 0.717) is 5.56 Å². The summed E-state index contributed by atoms with van der Waals surface area (Å²) in [4.78, 5) is 29.7. The van der Waals surface area contributed by atoms with E-state index in [1.807, 2.05) is 0 Å². The average molecular weight is 253 g/mol. The van der Waals surface area contributed by atoms with Crippen LogP contribution in [0.4, 0.5) is 0 Å². The highest BCUT2D eigenvalue weighted by molar-refractivity contribution is 7.99. The maximum absolute atomic E-state index is 11.9. The molecule has 0 saturated carbocycles. The van der Waals surface area contributed by atoms with Crippen molar-refractivity contribution < 1.29 is 4.79 Å². The van der Waals surface area contributed by atoms with Crippen molar-refractivity contribution in [2.75, 3.05) is 18.2 Å². The largest absolute Gasteiger partial charge is 0.331 e. The molecule has 1 aromatic heterocycles. The first kappa shape index (κ1) is 12.2. The van der Waals surface area contributed by atoms with Crippen LogP contribution in [0.2, 0.25) is 0 Å². The second kappa shape index (κ2) is 4.91. The third-order valence-corrected chi connectivity index (χ3v) is 3.89. The molecule has 0 bridgehead atoms. The Hall–Kier alpha value is -1.30. The minimum Gasteiger partial charge on any atom is -0.331 e. The van der Waals surface area contributed by atoms with Gasteiger partial charge in [0.05, 0.1) is 12.2 Å². The van der Waals surface area contributed by atoms with Gasteiger partial charge in [0, 0.05) is 23.6 Å². The first-order valence-electron chi connectivity index (χ1n) is 5.48. The van der Waals surface area contributed by atoms with Crippen LogP contribution < -0.4 is 5.56 Å². The Morgan fingerprint density at radius 2 is 2.29 bits per heavy atom. The highest BCUT2D eigenvalue weighted by Crippen LogP contribution is 2.13. The van der Waals surface area contributed by atoms with Crippen molar-refractivity contribution in [2.45, 2.75) is 20.4 Å².